The fourth-order valence-corrected chi connectivity index (χ4v) is 3.91. The topological polar surface area (TPSA) is 160 Å². The molecular weight excluding hydrogens is 370 g/mol. The van der Waals surface area contributed by atoms with Crippen LogP contribution in [0.4, 0.5) is 5.69 Å². The third-order valence-electron chi connectivity index (χ3n) is 5.57. The van der Waals surface area contributed by atoms with E-state index in [1.807, 2.05) is 0 Å². The molecule has 0 spiro atoms. The molecule has 4 unspecified atom stereocenters. The second-order valence-corrected chi connectivity index (χ2v) is 6.94. The maximum absolute atomic E-state index is 11.2. The van der Waals surface area contributed by atoms with Crippen LogP contribution in [0.3, 0.4) is 0 Å². The monoisotopic (exact) mass is 391 g/mol. The van der Waals surface area contributed by atoms with Crippen LogP contribution in [0.2, 0.25) is 0 Å². The lowest BCUT2D eigenvalue weighted by Gasteiger charge is -2.49. The number of aliphatic hydroxyl groups is 1. The number of methoxy groups -OCH3 is 1. The molecule has 0 saturated heterocycles. The van der Waals surface area contributed by atoms with E-state index in [1.165, 1.54) is 21.0 Å². The van der Waals surface area contributed by atoms with Gasteiger partial charge in [-0.2, -0.15) is 0 Å². The van der Waals surface area contributed by atoms with E-state index in [-0.39, 0.29) is 45.2 Å². The summed E-state index contributed by atoms with van der Waals surface area (Å²) in [4.78, 5) is 11.2. The number of phenols is 5. The molecule has 9 heteroatoms. The fraction of sp³-hybridized carbons (Fsp3) is 0.368. The highest BCUT2D eigenvalue weighted by atomic mass is 16.5. The van der Waals surface area contributed by atoms with Crippen molar-refractivity contribution in [1.82, 2.24) is 0 Å². The van der Waals surface area contributed by atoms with E-state index in [4.69, 9.17) is 4.74 Å². The number of aliphatic hydroxyl groups excluding tert-OH is 1. The summed E-state index contributed by atoms with van der Waals surface area (Å²) in [6.07, 6.45) is -2.10. The Morgan fingerprint density at radius 3 is 1.89 bits per heavy atom. The van der Waals surface area contributed by atoms with Crippen LogP contribution in [-0.2, 0) is 4.74 Å². The quantitative estimate of drug-likeness (QED) is 0.433. The summed E-state index contributed by atoms with van der Waals surface area (Å²) in [6.45, 7) is 2.88. The summed E-state index contributed by atoms with van der Waals surface area (Å²) in [5.74, 6) is -3.64. The minimum absolute atomic E-state index is 0.00961. The zero-order valence-electron chi connectivity index (χ0n) is 15.4. The molecule has 0 aromatic heterocycles. The SMILES string of the molecule is COC1C(c2c(O)cc(O)c(C)c2O)C(O)C1c1c(N=O)cc(O)c(C)c1O. The van der Waals surface area contributed by atoms with Gasteiger partial charge < -0.3 is 35.4 Å². The summed E-state index contributed by atoms with van der Waals surface area (Å²) in [5, 5.41) is 64.2. The van der Waals surface area contributed by atoms with Crippen LogP contribution in [-0.4, -0.2) is 50.0 Å². The molecule has 1 saturated carbocycles. The second-order valence-electron chi connectivity index (χ2n) is 6.94. The zero-order valence-corrected chi connectivity index (χ0v) is 15.4. The Hall–Kier alpha value is -3.04. The lowest BCUT2D eigenvalue weighted by Crippen LogP contribution is -2.52. The molecule has 2 aromatic rings. The van der Waals surface area contributed by atoms with Gasteiger partial charge in [-0.15, -0.1) is 4.91 Å². The highest BCUT2D eigenvalue weighted by molar-refractivity contribution is 5.66. The van der Waals surface area contributed by atoms with Gasteiger partial charge in [0.1, 0.15) is 34.4 Å². The largest absolute Gasteiger partial charge is 0.507 e. The summed E-state index contributed by atoms with van der Waals surface area (Å²) >= 11 is 0. The van der Waals surface area contributed by atoms with E-state index in [1.54, 1.807) is 0 Å². The van der Waals surface area contributed by atoms with Crippen molar-refractivity contribution in [1.29, 1.82) is 0 Å². The van der Waals surface area contributed by atoms with Gasteiger partial charge in [0, 0.05) is 53.3 Å². The molecule has 0 bridgehead atoms. The van der Waals surface area contributed by atoms with Crippen molar-refractivity contribution in [3.63, 3.8) is 0 Å². The molecule has 1 fully saturated rings. The molecule has 6 N–H and O–H groups in total. The van der Waals surface area contributed by atoms with Crippen molar-refractivity contribution >= 4 is 5.69 Å². The molecule has 3 rings (SSSR count). The average Bonchev–Trinajstić information content (AvgIpc) is 2.66. The first kappa shape index (κ1) is 19.7. The Labute approximate surface area is 160 Å². The Bertz CT molecular complexity index is 958. The Balaban J connectivity index is 2.13. The summed E-state index contributed by atoms with van der Waals surface area (Å²) in [5.41, 5.74) is -0.0201. The number of benzene rings is 2. The number of rotatable bonds is 4. The minimum Gasteiger partial charge on any atom is -0.507 e. The number of nitroso groups, excluding NO2 is 1. The predicted molar refractivity (Wildman–Crippen MR) is 98.4 cm³/mol. The van der Waals surface area contributed by atoms with Crippen LogP contribution >= 0.6 is 0 Å². The van der Waals surface area contributed by atoms with Gasteiger partial charge >= 0.3 is 0 Å². The van der Waals surface area contributed by atoms with E-state index >= 15 is 0 Å². The van der Waals surface area contributed by atoms with Gasteiger partial charge in [-0.05, 0) is 19.0 Å². The molecule has 0 radical (unpaired) electrons. The van der Waals surface area contributed by atoms with E-state index < -0.39 is 35.5 Å². The number of aromatic hydroxyl groups is 5. The van der Waals surface area contributed by atoms with Crippen LogP contribution in [0.15, 0.2) is 17.3 Å². The smallest absolute Gasteiger partial charge is 0.129 e. The summed E-state index contributed by atoms with van der Waals surface area (Å²) < 4.78 is 5.43. The van der Waals surface area contributed by atoms with Gasteiger partial charge in [0.15, 0.2) is 0 Å². The molecule has 4 atom stereocenters. The number of hydrogen-bond acceptors (Lipinski definition) is 9. The van der Waals surface area contributed by atoms with Crippen molar-refractivity contribution in [2.45, 2.75) is 37.9 Å². The van der Waals surface area contributed by atoms with Crippen molar-refractivity contribution in [2.75, 3.05) is 7.11 Å². The van der Waals surface area contributed by atoms with Crippen molar-refractivity contribution in [3.05, 3.63) is 39.3 Å². The van der Waals surface area contributed by atoms with E-state index in [2.05, 4.69) is 5.18 Å². The van der Waals surface area contributed by atoms with Crippen LogP contribution in [0.1, 0.15) is 34.1 Å². The third kappa shape index (κ3) is 2.62. The Kier molecular flexibility index (Phi) is 4.82. The molecule has 9 nitrogen and oxygen atoms in total. The van der Waals surface area contributed by atoms with Gasteiger partial charge in [-0.25, -0.2) is 0 Å². The second kappa shape index (κ2) is 6.84. The van der Waals surface area contributed by atoms with Crippen LogP contribution in [0.25, 0.3) is 0 Å². The maximum Gasteiger partial charge on any atom is 0.129 e. The molecule has 2 aromatic carbocycles. The minimum atomic E-state index is -1.26. The zero-order chi connectivity index (χ0) is 20.9. The van der Waals surface area contributed by atoms with Gasteiger partial charge in [-0.3, -0.25) is 0 Å². The third-order valence-corrected chi connectivity index (χ3v) is 5.57. The highest BCUT2D eigenvalue weighted by Crippen LogP contribution is 2.58. The van der Waals surface area contributed by atoms with Crippen LogP contribution in [0, 0.1) is 18.8 Å². The Morgan fingerprint density at radius 1 is 0.857 bits per heavy atom. The van der Waals surface area contributed by atoms with Gasteiger partial charge in [0.05, 0.1) is 12.2 Å². The van der Waals surface area contributed by atoms with E-state index in [0.29, 0.717) is 0 Å². The van der Waals surface area contributed by atoms with Gasteiger partial charge in [-0.1, -0.05) is 0 Å². The lowest BCUT2D eigenvalue weighted by atomic mass is 9.62. The lowest BCUT2D eigenvalue weighted by molar-refractivity contribution is -0.100. The van der Waals surface area contributed by atoms with Crippen molar-refractivity contribution in [2.24, 2.45) is 5.18 Å². The predicted octanol–water partition coefficient (Wildman–Crippen LogP) is 2.49. The van der Waals surface area contributed by atoms with Crippen molar-refractivity contribution < 1.29 is 35.4 Å². The summed E-state index contributed by atoms with van der Waals surface area (Å²) in [6, 6.07) is 2.14. The van der Waals surface area contributed by atoms with Crippen LogP contribution in [0.5, 0.6) is 28.7 Å². The summed E-state index contributed by atoms with van der Waals surface area (Å²) in [7, 11) is 1.34. The van der Waals surface area contributed by atoms with E-state index in [9.17, 15) is 35.5 Å². The Morgan fingerprint density at radius 2 is 1.36 bits per heavy atom. The standard InChI is InChI=1S/C19H21NO8/c1-6-9(21)4-8(20-27)12(16(6)24)14-18(26)15(19(14)28-3)13-11(23)5-10(22)7(2)17(13)25/h4-5,14-15,18-19,21-26H,1-3H3. The first-order chi connectivity index (χ1) is 13.1. The van der Waals surface area contributed by atoms with Gasteiger partial charge in [0.2, 0.25) is 0 Å². The molecule has 1 aliphatic carbocycles. The van der Waals surface area contributed by atoms with Crippen LogP contribution < -0.4 is 0 Å². The molecule has 0 amide bonds. The van der Waals surface area contributed by atoms with E-state index in [0.717, 1.165) is 12.1 Å². The molecular formula is C19H21NO8. The normalized spacial score (nSPS) is 24.0. The number of hydrogen-bond donors (Lipinski definition) is 6. The first-order valence-electron chi connectivity index (χ1n) is 8.49. The molecule has 0 heterocycles. The number of nitrogens with zero attached hydrogens (tertiary/aromatic N) is 1. The fourth-order valence-electron chi connectivity index (χ4n) is 3.91. The van der Waals surface area contributed by atoms with Crippen molar-refractivity contribution in [3.8, 4) is 28.7 Å². The number of phenolic OH excluding ortho intramolecular Hbond substituents is 5. The molecule has 150 valence electrons. The molecule has 1 aliphatic rings. The highest BCUT2D eigenvalue weighted by Gasteiger charge is 2.55. The number of ether oxygens (including phenoxy) is 1. The first-order valence-corrected chi connectivity index (χ1v) is 8.49. The molecule has 0 aliphatic heterocycles. The molecule has 28 heavy (non-hydrogen) atoms. The van der Waals surface area contributed by atoms with Gasteiger partial charge in [0.25, 0.3) is 0 Å². The average molecular weight is 391 g/mol. The maximum atomic E-state index is 11.2.